The molecular weight excluding hydrogens is 374 g/mol. The van der Waals surface area contributed by atoms with Gasteiger partial charge in [-0.05, 0) is 50.1 Å². The molecule has 4 rings (SSSR count). The first-order chi connectivity index (χ1) is 13.9. The van der Waals surface area contributed by atoms with Gasteiger partial charge >= 0.3 is 0 Å². The predicted octanol–water partition coefficient (Wildman–Crippen LogP) is 3.57. The quantitative estimate of drug-likeness (QED) is 0.585. The van der Waals surface area contributed by atoms with E-state index >= 15 is 0 Å². The fourth-order valence-corrected chi connectivity index (χ4v) is 3.72. The van der Waals surface area contributed by atoms with Crippen molar-refractivity contribution in [3.05, 3.63) is 62.7 Å². The van der Waals surface area contributed by atoms with Gasteiger partial charge in [-0.25, -0.2) is 5.01 Å². The van der Waals surface area contributed by atoms with Crippen LogP contribution in [0.4, 0.5) is 5.69 Å². The summed E-state index contributed by atoms with van der Waals surface area (Å²) in [6, 6.07) is 8.54. The summed E-state index contributed by atoms with van der Waals surface area (Å²) in [5.74, 6) is 1.21. The van der Waals surface area contributed by atoms with Crippen molar-refractivity contribution in [1.29, 1.82) is 0 Å². The molecule has 8 heteroatoms. The van der Waals surface area contributed by atoms with E-state index in [1.165, 1.54) is 11.1 Å². The number of carbonyl (C=O) groups excluding carboxylic acids is 1. The molecule has 0 N–H and O–H groups in total. The average Bonchev–Trinajstić information content (AvgIpc) is 3.09. The highest BCUT2D eigenvalue weighted by molar-refractivity contribution is 6.14. The van der Waals surface area contributed by atoms with E-state index < -0.39 is 4.92 Å². The normalized spacial score (nSPS) is 17.4. The van der Waals surface area contributed by atoms with E-state index in [9.17, 15) is 14.9 Å². The summed E-state index contributed by atoms with van der Waals surface area (Å²) in [5.41, 5.74) is 3.69. The van der Waals surface area contributed by atoms with E-state index in [4.69, 9.17) is 14.6 Å². The molecule has 2 aliphatic rings. The molecule has 0 fully saturated rings. The molecule has 0 unspecified atom stereocenters. The van der Waals surface area contributed by atoms with Crippen LogP contribution in [0, 0.1) is 17.0 Å². The van der Waals surface area contributed by atoms with Crippen LogP contribution in [0.25, 0.3) is 0 Å². The lowest BCUT2D eigenvalue weighted by Crippen LogP contribution is -2.34. The van der Waals surface area contributed by atoms with Crippen LogP contribution in [0.15, 0.2) is 35.4 Å². The summed E-state index contributed by atoms with van der Waals surface area (Å²) in [6.45, 7) is 5.61. The number of fused-ring (bicyclic) bond motifs is 2. The minimum atomic E-state index is -0.408. The fourth-order valence-electron chi connectivity index (χ4n) is 3.72. The Morgan fingerprint density at radius 2 is 2.00 bits per heavy atom. The molecule has 2 aliphatic heterocycles. The maximum Gasteiger partial charge on any atom is 0.272 e. The number of hydrazone groups is 1. The predicted molar refractivity (Wildman–Crippen MR) is 106 cm³/mol. The number of amides is 1. The molecule has 1 atom stereocenters. The highest BCUT2D eigenvalue weighted by atomic mass is 16.7. The number of carbonyl (C=O) groups is 1. The van der Waals surface area contributed by atoms with Crippen molar-refractivity contribution in [3.63, 3.8) is 0 Å². The number of benzene rings is 2. The molecule has 2 aromatic rings. The van der Waals surface area contributed by atoms with Crippen LogP contribution in [-0.4, -0.2) is 34.4 Å². The van der Waals surface area contributed by atoms with Crippen LogP contribution in [0.2, 0.25) is 0 Å². The summed E-state index contributed by atoms with van der Waals surface area (Å²) in [5, 5.41) is 17.4. The van der Waals surface area contributed by atoms with Crippen LogP contribution in [-0.2, 0) is 11.2 Å². The van der Waals surface area contributed by atoms with Crippen molar-refractivity contribution in [2.24, 2.45) is 5.10 Å². The smallest absolute Gasteiger partial charge is 0.272 e. The molecule has 0 saturated carbocycles. The Morgan fingerprint density at radius 1 is 1.28 bits per heavy atom. The van der Waals surface area contributed by atoms with E-state index in [0.717, 1.165) is 11.1 Å². The van der Waals surface area contributed by atoms with Gasteiger partial charge in [0.25, 0.3) is 5.69 Å². The molecule has 0 aromatic heterocycles. The highest BCUT2D eigenvalue weighted by Gasteiger charge is 2.29. The third-order valence-electron chi connectivity index (χ3n) is 5.22. The summed E-state index contributed by atoms with van der Waals surface area (Å²) < 4.78 is 11.1. The lowest BCUT2D eigenvalue weighted by molar-refractivity contribution is -0.385. The Kier molecular flexibility index (Phi) is 4.70. The average molecular weight is 395 g/mol. The van der Waals surface area contributed by atoms with Gasteiger partial charge in [-0.15, -0.1) is 0 Å². The van der Waals surface area contributed by atoms with Crippen molar-refractivity contribution < 1.29 is 19.2 Å². The standard InChI is InChI=1S/C21H21N3O5/c1-4-20(25)23-13(3)8-15-9-18-19(29-11-28-18)10-16(15)21(22-23)14-5-6-17(24(26)27)12(2)7-14/h5-7,9-10,13H,4,8,11H2,1-3H3/t13-/m0/s1. The van der Waals surface area contributed by atoms with Gasteiger partial charge in [0.05, 0.1) is 16.7 Å². The van der Waals surface area contributed by atoms with Crippen molar-refractivity contribution >= 4 is 17.3 Å². The molecule has 0 aliphatic carbocycles. The maximum atomic E-state index is 12.5. The van der Waals surface area contributed by atoms with E-state index in [2.05, 4.69) is 0 Å². The van der Waals surface area contributed by atoms with Crippen molar-refractivity contribution in [1.82, 2.24) is 5.01 Å². The molecule has 150 valence electrons. The van der Waals surface area contributed by atoms with Crippen molar-refractivity contribution in [2.45, 2.75) is 39.7 Å². The van der Waals surface area contributed by atoms with Gasteiger partial charge in [-0.1, -0.05) is 6.92 Å². The van der Waals surface area contributed by atoms with E-state index in [-0.39, 0.29) is 24.4 Å². The summed E-state index contributed by atoms with van der Waals surface area (Å²) in [7, 11) is 0. The first kappa shape index (κ1) is 18.9. The molecule has 29 heavy (non-hydrogen) atoms. The Bertz CT molecular complexity index is 1050. The summed E-state index contributed by atoms with van der Waals surface area (Å²) >= 11 is 0. The second-order valence-electron chi connectivity index (χ2n) is 7.21. The zero-order valence-electron chi connectivity index (χ0n) is 16.5. The summed E-state index contributed by atoms with van der Waals surface area (Å²) in [6.07, 6.45) is 0.941. The Hall–Kier alpha value is -3.42. The van der Waals surface area contributed by atoms with Gasteiger partial charge in [0, 0.05) is 29.2 Å². The first-order valence-electron chi connectivity index (χ1n) is 9.48. The number of aryl methyl sites for hydroxylation is 1. The van der Waals surface area contributed by atoms with Gasteiger partial charge in [0.1, 0.15) is 0 Å². The molecule has 0 saturated heterocycles. The highest BCUT2D eigenvalue weighted by Crippen LogP contribution is 2.38. The number of nitro groups is 1. The van der Waals surface area contributed by atoms with Crippen molar-refractivity contribution in [3.8, 4) is 11.5 Å². The first-order valence-corrected chi connectivity index (χ1v) is 9.48. The zero-order chi connectivity index (χ0) is 20.7. The van der Waals surface area contributed by atoms with E-state index in [1.54, 1.807) is 26.0 Å². The van der Waals surface area contributed by atoms with E-state index in [0.29, 0.717) is 41.2 Å². The lowest BCUT2D eigenvalue weighted by Gasteiger charge is -2.22. The maximum absolute atomic E-state index is 12.5. The van der Waals surface area contributed by atoms with Gasteiger partial charge in [0.15, 0.2) is 11.5 Å². The number of ether oxygens (including phenoxy) is 2. The molecule has 0 radical (unpaired) electrons. The topological polar surface area (TPSA) is 94.3 Å². The van der Waals surface area contributed by atoms with Gasteiger partial charge in [-0.2, -0.15) is 5.10 Å². The third-order valence-corrected chi connectivity index (χ3v) is 5.22. The second kappa shape index (κ2) is 7.20. The van der Waals surface area contributed by atoms with Gasteiger partial charge in [0.2, 0.25) is 12.7 Å². The van der Waals surface area contributed by atoms with Crippen LogP contribution >= 0.6 is 0 Å². The number of hydrogen-bond acceptors (Lipinski definition) is 6. The number of rotatable bonds is 3. The molecule has 0 spiro atoms. The summed E-state index contributed by atoms with van der Waals surface area (Å²) in [4.78, 5) is 23.3. The van der Waals surface area contributed by atoms with Crippen LogP contribution in [0.5, 0.6) is 11.5 Å². The molecule has 8 nitrogen and oxygen atoms in total. The van der Waals surface area contributed by atoms with Gasteiger partial charge < -0.3 is 9.47 Å². The van der Waals surface area contributed by atoms with E-state index in [1.807, 2.05) is 19.1 Å². The monoisotopic (exact) mass is 395 g/mol. The molecule has 2 heterocycles. The largest absolute Gasteiger partial charge is 0.454 e. The second-order valence-corrected chi connectivity index (χ2v) is 7.21. The SMILES string of the molecule is CCC(=O)N1N=C(c2ccc([N+](=O)[O-])c(C)c2)c2cc3c(cc2C[C@@H]1C)OCO3. The number of nitrogens with zero attached hydrogens (tertiary/aromatic N) is 3. The fraction of sp³-hybridized carbons (Fsp3) is 0.333. The number of hydrogen-bond donors (Lipinski definition) is 0. The Balaban J connectivity index is 1.91. The Labute approximate surface area is 167 Å². The van der Waals surface area contributed by atoms with Gasteiger partial charge in [-0.3, -0.25) is 14.9 Å². The number of nitro benzene ring substituents is 1. The zero-order valence-corrected chi connectivity index (χ0v) is 16.5. The lowest BCUT2D eigenvalue weighted by atomic mass is 9.93. The molecule has 1 amide bonds. The van der Waals surface area contributed by atoms with Crippen LogP contribution < -0.4 is 9.47 Å². The Morgan fingerprint density at radius 3 is 2.66 bits per heavy atom. The van der Waals surface area contributed by atoms with Crippen molar-refractivity contribution in [2.75, 3.05) is 6.79 Å². The molecule has 0 bridgehead atoms. The molecule has 2 aromatic carbocycles. The minimum absolute atomic E-state index is 0.0451. The third kappa shape index (κ3) is 3.30. The molecular formula is C21H21N3O5. The minimum Gasteiger partial charge on any atom is -0.454 e. The van der Waals surface area contributed by atoms with Crippen LogP contribution in [0.3, 0.4) is 0 Å². The van der Waals surface area contributed by atoms with Crippen LogP contribution in [0.1, 0.15) is 42.5 Å².